The van der Waals surface area contributed by atoms with Crippen molar-refractivity contribution >= 4 is 33.0 Å². The molecule has 0 radical (unpaired) electrons. The van der Waals surface area contributed by atoms with Crippen molar-refractivity contribution in [3.05, 3.63) is 51.2 Å². The van der Waals surface area contributed by atoms with E-state index >= 15 is 0 Å². The average Bonchev–Trinajstić information content (AvgIpc) is 2.95. The number of aliphatic hydroxyl groups excluding tert-OH is 1. The topological polar surface area (TPSA) is 66.4 Å². The van der Waals surface area contributed by atoms with Crippen LogP contribution >= 0.6 is 22.9 Å². The van der Waals surface area contributed by atoms with Crippen LogP contribution in [0.3, 0.4) is 0 Å². The number of hydrogen-bond donors (Lipinski definition) is 2. The number of halogens is 1. The average molecular weight is 346 g/mol. The number of hydrogen-bond acceptors (Lipinski definition) is 4. The standard InChI is InChI=1S/C14H16ClNO3S2/c1-10-11(15)4-2-6-14(10)21(18,19)16-8-7-12(17)13-5-3-9-20-13/h2-6,9,12,16-17H,7-8H2,1H3/t12-/m0/s1. The summed E-state index contributed by atoms with van der Waals surface area (Å²) in [4.78, 5) is 0.994. The number of rotatable bonds is 6. The molecular formula is C14H16ClNO3S2. The van der Waals surface area contributed by atoms with Crippen LogP contribution in [0, 0.1) is 6.92 Å². The minimum atomic E-state index is -3.62. The Morgan fingerprint density at radius 3 is 2.76 bits per heavy atom. The van der Waals surface area contributed by atoms with Crippen molar-refractivity contribution in [1.82, 2.24) is 4.72 Å². The maximum atomic E-state index is 12.2. The Morgan fingerprint density at radius 2 is 2.10 bits per heavy atom. The molecule has 1 aromatic heterocycles. The third-order valence-electron chi connectivity index (χ3n) is 3.09. The van der Waals surface area contributed by atoms with E-state index in [-0.39, 0.29) is 11.4 Å². The zero-order valence-corrected chi connectivity index (χ0v) is 13.8. The highest BCUT2D eigenvalue weighted by atomic mass is 35.5. The summed E-state index contributed by atoms with van der Waals surface area (Å²) in [7, 11) is -3.62. The van der Waals surface area contributed by atoms with Gasteiger partial charge in [0.15, 0.2) is 0 Å². The zero-order valence-electron chi connectivity index (χ0n) is 11.4. The maximum absolute atomic E-state index is 12.2. The van der Waals surface area contributed by atoms with Crippen molar-refractivity contribution in [1.29, 1.82) is 0 Å². The first kappa shape index (κ1) is 16.5. The molecule has 0 saturated carbocycles. The van der Waals surface area contributed by atoms with Gasteiger partial charge < -0.3 is 5.11 Å². The molecule has 2 N–H and O–H groups in total. The molecular weight excluding hydrogens is 330 g/mol. The van der Waals surface area contributed by atoms with Crippen LogP contribution in [0.15, 0.2) is 40.6 Å². The summed E-state index contributed by atoms with van der Waals surface area (Å²) in [6.45, 7) is 1.82. The fourth-order valence-electron chi connectivity index (χ4n) is 1.91. The summed E-state index contributed by atoms with van der Waals surface area (Å²) in [5.74, 6) is 0. The van der Waals surface area contributed by atoms with Crippen LogP contribution in [0.2, 0.25) is 5.02 Å². The third-order valence-corrected chi connectivity index (χ3v) is 6.08. The molecule has 7 heteroatoms. The second-order valence-corrected chi connectivity index (χ2v) is 7.70. The second kappa shape index (κ2) is 6.89. The number of sulfonamides is 1. The molecule has 0 unspecified atom stereocenters. The molecule has 2 aromatic rings. The lowest BCUT2D eigenvalue weighted by molar-refractivity contribution is 0.173. The first-order valence-corrected chi connectivity index (χ1v) is 9.12. The van der Waals surface area contributed by atoms with E-state index < -0.39 is 16.1 Å². The van der Waals surface area contributed by atoms with Crippen molar-refractivity contribution in [2.24, 2.45) is 0 Å². The Hall–Kier alpha value is -0.920. The lowest BCUT2D eigenvalue weighted by Gasteiger charge is -2.12. The first-order valence-electron chi connectivity index (χ1n) is 6.38. The van der Waals surface area contributed by atoms with Gasteiger partial charge >= 0.3 is 0 Å². The van der Waals surface area contributed by atoms with Gasteiger partial charge in [0.05, 0.1) is 11.0 Å². The van der Waals surface area contributed by atoms with Crippen molar-refractivity contribution in [3.8, 4) is 0 Å². The van der Waals surface area contributed by atoms with Crippen LogP contribution in [0.4, 0.5) is 0 Å². The highest BCUT2D eigenvalue weighted by Crippen LogP contribution is 2.24. The number of thiophene rings is 1. The molecule has 4 nitrogen and oxygen atoms in total. The molecule has 0 spiro atoms. The molecule has 2 rings (SSSR count). The second-order valence-electron chi connectivity index (χ2n) is 4.58. The Balaban J connectivity index is 2.00. The fourth-order valence-corrected chi connectivity index (χ4v) is 4.20. The number of aliphatic hydroxyl groups is 1. The van der Waals surface area contributed by atoms with Gasteiger partial charge in [-0.05, 0) is 42.5 Å². The Bertz CT molecular complexity index is 699. The third kappa shape index (κ3) is 4.05. The highest BCUT2D eigenvalue weighted by Gasteiger charge is 2.18. The van der Waals surface area contributed by atoms with E-state index in [1.165, 1.54) is 17.4 Å². The van der Waals surface area contributed by atoms with Crippen molar-refractivity contribution in [3.63, 3.8) is 0 Å². The molecule has 21 heavy (non-hydrogen) atoms. The Morgan fingerprint density at radius 1 is 1.33 bits per heavy atom. The Kier molecular flexibility index (Phi) is 5.40. The van der Waals surface area contributed by atoms with Crippen LogP contribution in [0.1, 0.15) is 23.0 Å². The SMILES string of the molecule is Cc1c(Cl)cccc1S(=O)(=O)NCC[C@H](O)c1cccs1. The van der Waals surface area contributed by atoms with E-state index in [2.05, 4.69) is 4.72 Å². The molecule has 0 bridgehead atoms. The van der Waals surface area contributed by atoms with E-state index in [0.29, 0.717) is 17.0 Å². The van der Waals surface area contributed by atoms with Gasteiger partial charge in [-0.3, -0.25) is 0 Å². The normalized spacial score (nSPS) is 13.3. The molecule has 0 amide bonds. The largest absolute Gasteiger partial charge is 0.388 e. The lowest BCUT2D eigenvalue weighted by atomic mass is 10.2. The quantitative estimate of drug-likeness (QED) is 0.845. The van der Waals surface area contributed by atoms with Crippen LogP contribution in [0.25, 0.3) is 0 Å². The van der Waals surface area contributed by atoms with Crippen molar-refractivity contribution in [2.75, 3.05) is 6.54 Å². The van der Waals surface area contributed by atoms with E-state index in [9.17, 15) is 13.5 Å². The van der Waals surface area contributed by atoms with Gasteiger partial charge in [0.25, 0.3) is 0 Å². The van der Waals surface area contributed by atoms with Gasteiger partial charge in [-0.25, -0.2) is 13.1 Å². The van der Waals surface area contributed by atoms with Gasteiger partial charge in [0.2, 0.25) is 10.0 Å². The summed E-state index contributed by atoms with van der Waals surface area (Å²) >= 11 is 7.39. The number of benzene rings is 1. The predicted octanol–water partition coefficient (Wildman–Crippen LogP) is 3.11. The van der Waals surface area contributed by atoms with Crippen LogP contribution in [-0.4, -0.2) is 20.1 Å². The molecule has 0 aliphatic rings. The van der Waals surface area contributed by atoms with Crippen LogP contribution in [-0.2, 0) is 10.0 Å². The molecule has 1 aromatic carbocycles. The zero-order chi connectivity index (χ0) is 15.5. The minimum absolute atomic E-state index is 0.160. The van der Waals surface area contributed by atoms with Gasteiger partial charge in [-0.15, -0.1) is 11.3 Å². The molecule has 0 saturated heterocycles. The Labute approximate surface area is 133 Å². The summed E-state index contributed by atoms with van der Waals surface area (Å²) < 4.78 is 26.9. The van der Waals surface area contributed by atoms with Gasteiger partial charge in [0.1, 0.15) is 0 Å². The van der Waals surface area contributed by atoms with E-state index in [1.807, 2.05) is 17.5 Å². The van der Waals surface area contributed by atoms with E-state index in [0.717, 1.165) is 4.88 Å². The van der Waals surface area contributed by atoms with Gasteiger partial charge in [0, 0.05) is 16.4 Å². The lowest BCUT2D eigenvalue weighted by Crippen LogP contribution is -2.26. The van der Waals surface area contributed by atoms with E-state index in [1.54, 1.807) is 19.1 Å². The van der Waals surface area contributed by atoms with Crippen molar-refractivity contribution < 1.29 is 13.5 Å². The summed E-state index contributed by atoms with van der Waals surface area (Å²) in [6, 6.07) is 8.44. The molecule has 0 fully saturated rings. The highest BCUT2D eigenvalue weighted by molar-refractivity contribution is 7.89. The van der Waals surface area contributed by atoms with Gasteiger partial charge in [-0.2, -0.15) is 0 Å². The van der Waals surface area contributed by atoms with Crippen molar-refractivity contribution in [2.45, 2.75) is 24.3 Å². The van der Waals surface area contributed by atoms with Crippen LogP contribution in [0.5, 0.6) is 0 Å². The molecule has 1 atom stereocenters. The summed E-state index contributed by atoms with van der Waals surface area (Å²) in [5.41, 5.74) is 0.519. The summed E-state index contributed by atoms with van der Waals surface area (Å²) in [6.07, 6.45) is -0.340. The summed E-state index contributed by atoms with van der Waals surface area (Å²) in [5, 5.41) is 12.2. The maximum Gasteiger partial charge on any atom is 0.240 e. The molecule has 0 aliphatic carbocycles. The number of nitrogens with one attached hydrogen (secondary N) is 1. The predicted molar refractivity (Wildman–Crippen MR) is 85.3 cm³/mol. The first-order chi connectivity index (χ1) is 9.92. The molecule has 114 valence electrons. The molecule has 0 aliphatic heterocycles. The minimum Gasteiger partial charge on any atom is -0.388 e. The van der Waals surface area contributed by atoms with Crippen LogP contribution < -0.4 is 4.72 Å². The monoisotopic (exact) mass is 345 g/mol. The molecule has 1 heterocycles. The van der Waals surface area contributed by atoms with Gasteiger partial charge in [-0.1, -0.05) is 23.7 Å². The fraction of sp³-hybridized carbons (Fsp3) is 0.286. The smallest absolute Gasteiger partial charge is 0.240 e. The van der Waals surface area contributed by atoms with E-state index in [4.69, 9.17) is 11.6 Å².